The third kappa shape index (κ3) is 8.52. The Morgan fingerprint density at radius 1 is 0.765 bits per heavy atom. The van der Waals surface area contributed by atoms with Crippen molar-refractivity contribution in [1.82, 2.24) is 0 Å². The maximum Gasteiger partial charge on any atom is 1.00 e. The van der Waals surface area contributed by atoms with E-state index in [9.17, 15) is 31.1 Å². The fourth-order valence-electron chi connectivity index (χ4n) is 2.89. The second-order valence-electron chi connectivity index (χ2n) is 9.26. The van der Waals surface area contributed by atoms with Crippen LogP contribution >= 0.6 is 8.58 Å². The van der Waals surface area contributed by atoms with Crippen LogP contribution in [0.2, 0.25) is 0 Å². The molecular weight excluding hydrogens is 476 g/mol. The summed E-state index contributed by atoms with van der Waals surface area (Å²) in [6.45, 7) is 10.6. The number of hydrogen-bond donors (Lipinski definition) is 0. The first-order valence-corrected chi connectivity index (χ1v) is 10.9. The van der Waals surface area contributed by atoms with Gasteiger partial charge >= 0.3 is 31.2 Å². The third-order valence-electron chi connectivity index (χ3n) is 3.94. The van der Waals surface area contributed by atoms with Gasteiger partial charge in [0.05, 0.1) is 11.1 Å². The van der Waals surface area contributed by atoms with Gasteiger partial charge in [0.2, 0.25) is 0 Å². The van der Waals surface area contributed by atoms with Crippen molar-refractivity contribution in [2.24, 2.45) is 0 Å². The second kappa shape index (κ2) is 10.5. The first-order chi connectivity index (χ1) is 14.8. The van der Waals surface area contributed by atoms with Crippen molar-refractivity contribution in [2.45, 2.75) is 65.1 Å². The molecule has 2 aromatic carbocycles. The smallest absolute Gasteiger partial charge is 0.488 e. The van der Waals surface area contributed by atoms with Crippen LogP contribution in [0.15, 0.2) is 36.4 Å². The molecule has 0 aliphatic rings. The molecule has 0 aromatic heterocycles. The molecule has 0 spiro atoms. The summed E-state index contributed by atoms with van der Waals surface area (Å²) in [7, 11) is -1.04. The van der Waals surface area contributed by atoms with E-state index in [1.54, 1.807) is 20.8 Å². The minimum Gasteiger partial charge on any atom is -0.488 e. The predicted molar refractivity (Wildman–Crippen MR) is 116 cm³/mol. The molecule has 0 radical (unpaired) electrons. The van der Waals surface area contributed by atoms with Crippen molar-refractivity contribution in [3.63, 3.8) is 0 Å². The zero-order chi connectivity index (χ0) is 25.4. The van der Waals surface area contributed by atoms with Crippen molar-refractivity contribution in [3.05, 3.63) is 53.1 Å². The molecule has 2 rings (SSSR count). The standard InChI is InChI=1S/C23H25F6O3P.Li/c1-20(2,3)31-13-10-11-17(16(12-13)32-21(4,5)6)33-19(30)18-14(22(24,25)26)8-7-9-15(18)23(27,28)29;/h7-12,33H,1-6H3;/q;+1. The van der Waals surface area contributed by atoms with Gasteiger partial charge in [-0.05, 0) is 74.4 Å². The van der Waals surface area contributed by atoms with E-state index in [4.69, 9.17) is 9.47 Å². The Kier molecular flexibility index (Phi) is 9.39. The van der Waals surface area contributed by atoms with Crippen LogP contribution in [0.4, 0.5) is 26.3 Å². The zero-order valence-corrected chi connectivity index (χ0v) is 21.0. The van der Waals surface area contributed by atoms with Gasteiger partial charge in [0, 0.05) is 16.9 Å². The van der Waals surface area contributed by atoms with Gasteiger partial charge in [0.15, 0.2) is 5.52 Å². The number of carbonyl (C=O) groups is 1. The van der Waals surface area contributed by atoms with Gasteiger partial charge in [0.25, 0.3) is 0 Å². The average molecular weight is 501 g/mol. The summed E-state index contributed by atoms with van der Waals surface area (Å²) in [5, 5.41) is 0.168. The monoisotopic (exact) mass is 501 g/mol. The number of rotatable bonds is 5. The first kappa shape index (κ1) is 30.3. The molecule has 182 valence electrons. The summed E-state index contributed by atoms with van der Waals surface area (Å²) in [6, 6.07) is 5.98. The van der Waals surface area contributed by atoms with Crippen LogP contribution in [0, 0.1) is 0 Å². The Morgan fingerprint density at radius 2 is 1.24 bits per heavy atom. The summed E-state index contributed by atoms with van der Waals surface area (Å²) < 4.78 is 92.4. The van der Waals surface area contributed by atoms with Crippen molar-refractivity contribution in [2.75, 3.05) is 0 Å². The number of alkyl halides is 6. The molecular formula is C23H25F6LiO3P+. The van der Waals surface area contributed by atoms with E-state index in [0.29, 0.717) is 23.9 Å². The Bertz CT molecular complexity index is 989. The molecule has 1 unspecified atom stereocenters. The quantitative estimate of drug-likeness (QED) is 0.350. The minimum absolute atomic E-state index is 0. The van der Waals surface area contributed by atoms with E-state index in [-0.39, 0.29) is 29.9 Å². The molecule has 0 saturated heterocycles. The molecule has 34 heavy (non-hydrogen) atoms. The third-order valence-corrected chi connectivity index (χ3v) is 5.10. The van der Waals surface area contributed by atoms with Gasteiger partial charge in [0.1, 0.15) is 22.7 Å². The molecule has 0 fully saturated rings. The number of carbonyl (C=O) groups excluding carboxylic acids is 1. The van der Waals surface area contributed by atoms with Crippen LogP contribution in [0.1, 0.15) is 63.0 Å². The molecule has 0 saturated carbocycles. The normalized spacial score (nSPS) is 13.1. The van der Waals surface area contributed by atoms with E-state index in [1.165, 1.54) is 18.2 Å². The van der Waals surface area contributed by atoms with Gasteiger partial charge < -0.3 is 9.47 Å². The van der Waals surface area contributed by atoms with E-state index in [0.717, 1.165) is 0 Å². The SMILES string of the molecule is CC(C)(C)Oc1ccc(PC(=O)c2c(C(F)(F)F)cccc2C(F)(F)F)c(OC(C)(C)C)c1.[Li+]. The number of halogens is 6. The van der Waals surface area contributed by atoms with Crippen molar-refractivity contribution in [1.29, 1.82) is 0 Å². The van der Waals surface area contributed by atoms with Crippen LogP contribution in [0.5, 0.6) is 11.5 Å². The summed E-state index contributed by atoms with van der Waals surface area (Å²) in [5.74, 6) is 0.531. The summed E-state index contributed by atoms with van der Waals surface area (Å²) in [5.41, 5.74) is -7.25. The van der Waals surface area contributed by atoms with Gasteiger partial charge in [-0.15, -0.1) is 0 Å². The Balaban J connectivity index is 0.00000578. The Morgan fingerprint density at radius 3 is 1.65 bits per heavy atom. The molecule has 0 N–H and O–H groups in total. The fourth-order valence-corrected chi connectivity index (χ4v) is 3.94. The van der Waals surface area contributed by atoms with Crippen molar-refractivity contribution in [3.8, 4) is 11.5 Å². The predicted octanol–water partition coefficient (Wildman–Crippen LogP) is 4.23. The van der Waals surface area contributed by atoms with E-state index in [2.05, 4.69) is 0 Å². The fraction of sp³-hybridized carbons (Fsp3) is 0.435. The molecule has 1 atom stereocenters. The van der Waals surface area contributed by atoms with Gasteiger partial charge in [-0.2, -0.15) is 26.3 Å². The molecule has 3 nitrogen and oxygen atoms in total. The maximum absolute atomic E-state index is 13.5. The molecule has 0 aliphatic carbocycles. The molecule has 0 aliphatic heterocycles. The molecule has 0 amide bonds. The number of hydrogen-bond acceptors (Lipinski definition) is 3. The van der Waals surface area contributed by atoms with Crippen LogP contribution in [-0.4, -0.2) is 16.7 Å². The van der Waals surface area contributed by atoms with Crippen LogP contribution in [0.25, 0.3) is 0 Å². The van der Waals surface area contributed by atoms with E-state index < -0.39 is 54.4 Å². The maximum atomic E-state index is 13.5. The Hall–Kier alpha value is -1.68. The number of benzene rings is 2. The van der Waals surface area contributed by atoms with Crippen LogP contribution < -0.4 is 33.6 Å². The molecule has 0 bridgehead atoms. The van der Waals surface area contributed by atoms with E-state index in [1.807, 2.05) is 20.8 Å². The van der Waals surface area contributed by atoms with Crippen LogP contribution in [-0.2, 0) is 12.4 Å². The zero-order valence-electron chi connectivity index (χ0n) is 20.0. The first-order valence-electron chi connectivity index (χ1n) is 9.89. The summed E-state index contributed by atoms with van der Waals surface area (Å²) >= 11 is 0. The van der Waals surface area contributed by atoms with Crippen molar-refractivity contribution >= 4 is 19.4 Å². The molecule has 11 heteroatoms. The van der Waals surface area contributed by atoms with Gasteiger partial charge in [-0.3, -0.25) is 4.79 Å². The summed E-state index contributed by atoms with van der Waals surface area (Å²) in [6.07, 6.45) is -10.3. The topological polar surface area (TPSA) is 35.5 Å². The average Bonchev–Trinajstić information content (AvgIpc) is 2.59. The van der Waals surface area contributed by atoms with Gasteiger partial charge in [-0.1, -0.05) is 6.07 Å². The largest absolute Gasteiger partial charge is 1.00 e. The second-order valence-corrected chi connectivity index (χ2v) is 10.5. The summed E-state index contributed by atoms with van der Waals surface area (Å²) in [4.78, 5) is 12.9. The van der Waals surface area contributed by atoms with Crippen molar-refractivity contribution < 1.29 is 59.5 Å². The minimum atomic E-state index is -5.13. The van der Waals surface area contributed by atoms with E-state index >= 15 is 0 Å². The molecule has 2 aromatic rings. The number of ether oxygens (including phenoxy) is 2. The van der Waals surface area contributed by atoms with Gasteiger partial charge in [-0.25, -0.2) is 0 Å². The van der Waals surface area contributed by atoms with Crippen LogP contribution in [0.3, 0.4) is 0 Å². The molecule has 0 heterocycles. The Labute approximate surface area is 208 Å².